The van der Waals surface area contributed by atoms with Gasteiger partial charge < -0.3 is 14.5 Å². The number of nitrogens with zero attached hydrogens (tertiary/aromatic N) is 2. The molecule has 0 N–H and O–H groups in total. The van der Waals surface area contributed by atoms with Crippen LogP contribution in [-0.2, 0) is 9.53 Å². The van der Waals surface area contributed by atoms with Crippen molar-refractivity contribution in [2.75, 3.05) is 42.6 Å². The maximum atomic E-state index is 14.3. The van der Waals surface area contributed by atoms with E-state index in [0.717, 1.165) is 25.2 Å². The monoisotopic (exact) mass is 276 g/mol. The smallest absolute Gasteiger partial charge is 0.250 e. The summed E-state index contributed by atoms with van der Waals surface area (Å²) in [7, 11) is 0. The first-order valence-corrected chi connectivity index (χ1v) is 6.86. The van der Waals surface area contributed by atoms with Crippen LogP contribution in [0.4, 0.5) is 15.8 Å². The summed E-state index contributed by atoms with van der Waals surface area (Å²) < 4.78 is 19.6. The lowest BCUT2D eigenvalue weighted by Gasteiger charge is -2.30. The van der Waals surface area contributed by atoms with Crippen LogP contribution in [0.1, 0.15) is 6.42 Å². The lowest BCUT2D eigenvalue weighted by atomic mass is 10.1. The fourth-order valence-corrected chi connectivity index (χ4v) is 2.56. The lowest BCUT2D eigenvalue weighted by molar-refractivity contribution is -0.114. The average Bonchev–Trinajstić information content (AvgIpc) is 2.49. The second-order valence-electron chi connectivity index (χ2n) is 4.92. The Morgan fingerprint density at radius 1 is 1.15 bits per heavy atom. The lowest BCUT2D eigenvalue weighted by Crippen LogP contribution is -2.36. The molecule has 2 aliphatic rings. The third-order valence-electron chi connectivity index (χ3n) is 3.64. The zero-order chi connectivity index (χ0) is 13.9. The van der Waals surface area contributed by atoms with E-state index in [1.807, 2.05) is 12.1 Å². The fraction of sp³-hybridized carbons (Fsp3) is 0.400. The Bertz CT molecular complexity index is 539. The Hall–Kier alpha value is -1.88. The number of hydrogen-bond donors (Lipinski definition) is 0. The molecule has 0 atom stereocenters. The maximum Gasteiger partial charge on any atom is 0.250 e. The normalized spacial score (nSPS) is 19.6. The summed E-state index contributed by atoms with van der Waals surface area (Å²) in [6, 6.07) is 5.07. The van der Waals surface area contributed by atoms with Crippen molar-refractivity contribution in [1.82, 2.24) is 0 Å². The highest BCUT2D eigenvalue weighted by molar-refractivity contribution is 6.02. The van der Waals surface area contributed by atoms with Crippen LogP contribution in [0.3, 0.4) is 0 Å². The number of benzene rings is 1. The predicted octanol–water partition coefficient (Wildman–Crippen LogP) is 1.96. The molecule has 106 valence electrons. The van der Waals surface area contributed by atoms with Gasteiger partial charge in [-0.05, 0) is 30.7 Å². The highest BCUT2D eigenvalue weighted by atomic mass is 19.1. The Kier molecular flexibility index (Phi) is 3.69. The Balaban J connectivity index is 1.83. The van der Waals surface area contributed by atoms with Gasteiger partial charge >= 0.3 is 0 Å². The van der Waals surface area contributed by atoms with E-state index in [0.29, 0.717) is 25.4 Å². The van der Waals surface area contributed by atoms with E-state index >= 15 is 0 Å². The van der Waals surface area contributed by atoms with E-state index in [-0.39, 0.29) is 11.7 Å². The van der Waals surface area contributed by atoms with Gasteiger partial charge in [0.05, 0.1) is 18.9 Å². The van der Waals surface area contributed by atoms with Crippen molar-refractivity contribution < 1.29 is 13.9 Å². The second kappa shape index (κ2) is 5.63. The molecule has 1 amide bonds. The number of rotatable bonds is 2. The van der Waals surface area contributed by atoms with Crippen molar-refractivity contribution in [3.05, 3.63) is 36.2 Å². The molecule has 1 saturated heterocycles. The molecule has 1 fully saturated rings. The van der Waals surface area contributed by atoms with Gasteiger partial charge in [0.2, 0.25) is 0 Å². The molecule has 3 rings (SSSR count). The van der Waals surface area contributed by atoms with E-state index < -0.39 is 0 Å². The van der Waals surface area contributed by atoms with E-state index in [1.54, 1.807) is 6.07 Å². The summed E-state index contributed by atoms with van der Waals surface area (Å²) in [5.74, 6) is -0.507. The molecule has 2 aliphatic heterocycles. The molecule has 0 radical (unpaired) electrons. The van der Waals surface area contributed by atoms with Gasteiger partial charge in [0.1, 0.15) is 5.82 Å². The number of carbonyl (C=O) groups is 1. The van der Waals surface area contributed by atoms with Crippen LogP contribution in [0.2, 0.25) is 0 Å². The Morgan fingerprint density at radius 3 is 2.65 bits per heavy atom. The van der Waals surface area contributed by atoms with Gasteiger partial charge in [-0.25, -0.2) is 4.39 Å². The third kappa shape index (κ3) is 2.54. The van der Waals surface area contributed by atoms with Crippen molar-refractivity contribution in [1.29, 1.82) is 0 Å². The molecular weight excluding hydrogens is 259 g/mol. The number of amides is 1. The molecule has 0 unspecified atom stereocenters. The van der Waals surface area contributed by atoms with Gasteiger partial charge in [-0.1, -0.05) is 6.08 Å². The number of hydrogen-bond acceptors (Lipinski definition) is 3. The van der Waals surface area contributed by atoms with Crippen LogP contribution in [-0.4, -0.2) is 38.8 Å². The van der Waals surface area contributed by atoms with Crippen LogP contribution < -0.4 is 9.80 Å². The minimum absolute atomic E-state index is 0.158. The number of ether oxygens (including phenoxy) is 1. The van der Waals surface area contributed by atoms with Gasteiger partial charge in [0.25, 0.3) is 5.91 Å². The van der Waals surface area contributed by atoms with Crippen LogP contribution in [0.25, 0.3) is 0 Å². The number of anilines is 2. The van der Waals surface area contributed by atoms with Gasteiger partial charge in [-0.15, -0.1) is 0 Å². The van der Waals surface area contributed by atoms with Crippen LogP contribution in [0.15, 0.2) is 30.4 Å². The molecule has 20 heavy (non-hydrogen) atoms. The fourth-order valence-electron chi connectivity index (χ4n) is 2.56. The molecule has 1 aromatic carbocycles. The summed E-state index contributed by atoms with van der Waals surface area (Å²) in [5, 5.41) is 0. The van der Waals surface area contributed by atoms with Crippen molar-refractivity contribution in [2.24, 2.45) is 0 Å². The topological polar surface area (TPSA) is 32.8 Å². The standard InChI is InChI=1S/C15H17FN2O2/c16-13-11-12(17-7-9-20-10-8-17)4-5-14(13)18-6-2-1-3-15(18)19/h1,3-5,11H,2,6-10H2. The van der Waals surface area contributed by atoms with Gasteiger partial charge in [-0.3, -0.25) is 4.79 Å². The first-order chi connectivity index (χ1) is 9.75. The minimum atomic E-state index is -0.349. The molecule has 0 spiro atoms. The molecule has 0 aliphatic carbocycles. The number of carbonyl (C=O) groups excluding carboxylic acids is 1. The summed E-state index contributed by atoms with van der Waals surface area (Å²) >= 11 is 0. The van der Waals surface area contributed by atoms with E-state index in [4.69, 9.17) is 4.74 Å². The highest BCUT2D eigenvalue weighted by Crippen LogP contribution is 2.27. The Morgan fingerprint density at radius 2 is 1.95 bits per heavy atom. The first-order valence-electron chi connectivity index (χ1n) is 6.86. The summed E-state index contributed by atoms with van der Waals surface area (Å²) in [4.78, 5) is 15.4. The van der Waals surface area contributed by atoms with Crippen molar-refractivity contribution >= 4 is 17.3 Å². The third-order valence-corrected chi connectivity index (χ3v) is 3.64. The van der Waals surface area contributed by atoms with Crippen molar-refractivity contribution in [3.63, 3.8) is 0 Å². The average molecular weight is 276 g/mol. The largest absolute Gasteiger partial charge is 0.378 e. The molecule has 0 bridgehead atoms. The predicted molar refractivity (Wildman–Crippen MR) is 75.5 cm³/mol. The highest BCUT2D eigenvalue weighted by Gasteiger charge is 2.20. The molecular formula is C15H17FN2O2. The second-order valence-corrected chi connectivity index (χ2v) is 4.92. The molecule has 0 aromatic heterocycles. The summed E-state index contributed by atoms with van der Waals surface area (Å²) in [5.41, 5.74) is 1.20. The van der Waals surface area contributed by atoms with Crippen LogP contribution in [0, 0.1) is 5.82 Å². The van der Waals surface area contributed by atoms with E-state index in [1.165, 1.54) is 17.0 Å². The van der Waals surface area contributed by atoms with Gasteiger partial charge in [0.15, 0.2) is 0 Å². The van der Waals surface area contributed by atoms with E-state index in [2.05, 4.69) is 4.90 Å². The molecule has 5 heteroatoms. The van der Waals surface area contributed by atoms with E-state index in [9.17, 15) is 9.18 Å². The molecule has 1 aromatic rings. The molecule has 0 saturated carbocycles. The number of halogens is 1. The first kappa shape index (κ1) is 13.1. The summed E-state index contributed by atoms with van der Waals surface area (Å²) in [6.45, 7) is 3.40. The van der Waals surface area contributed by atoms with Crippen LogP contribution >= 0.6 is 0 Å². The Labute approximate surface area is 117 Å². The van der Waals surface area contributed by atoms with Gasteiger partial charge in [0, 0.05) is 25.3 Å². The zero-order valence-electron chi connectivity index (χ0n) is 11.2. The SMILES string of the molecule is O=C1C=CCCN1c1ccc(N2CCOCC2)cc1F. The molecule has 2 heterocycles. The summed E-state index contributed by atoms with van der Waals surface area (Å²) in [6.07, 6.45) is 4.08. The van der Waals surface area contributed by atoms with Crippen molar-refractivity contribution in [2.45, 2.75) is 6.42 Å². The quantitative estimate of drug-likeness (QED) is 0.827. The van der Waals surface area contributed by atoms with Crippen LogP contribution in [0.5, 0.6) is 0 Å². The maximum absolute atomic E-state index is 14.3. The van der Waals surface area contributed by atoms with Crippen molar-refractivity contribution in [3.8, 4) is 0 Å². The zero-order valence-corrected chi connectivity index (χ0v) is 11.2. The molecule has 4 nitrogen and oxygen atoms in total. The minimum Gasteiger partial charge on any atom is -0.378 e. The van der Waals surface area contributed by atoms with Gasteiger partial charge in [-0.2, -0.15) is 0 Å². The number of morpholine rings is 1.